The van der Waals surface area contributed by atoms with Crippen molar-refractivity contribution in [2.45, 2.75) is 11.4 Å². The Balaban J connectivity index is 2.01. The number of primary sulfonamides is 1. The van der Waals surface area contributed by atoms with Gasteiger partial charge in [-0.3, -0.25) is 0 Å². The van der Waals surface area contributed by atoms with E-state index in [1.54, 1.807) is 18.6 Å². The third kappa shape index (κ3) is 3.46. The number of aromatic nitrogens is 2. The Labute approximate surface area is 111 Å². The molecule has 0 aliphatic rings. The summed E-state index contributed by atoms with van der Waals surface area (Å²) < 4.78 is 24.2. The highest BCUT2D eigenvalue weighted by atomic mass is 32.2. The summed E-state index contributed by atoms with van der Waals surface area (Å²) in [5.41, 5.74) is 6.79. The summed E-state index contributed by atoms with van der Waals surface area (Å²) in [6, 6.07) is 4.36. The summed E-state index contributed by atoms with van der Waals surface area (Å²) in [4.78, 5) is 3.94. The van der Waals surface area contributed by atoms with E-state index in [-0.39, 0.29) is 4.90 Å². The maximum atomic E-state index is 11.2. The number of rotatable bonds is 5. The smallest absolute Gasteiger partial charge is 0.238 e. The molecule has 0 saturated heterocycles. The molecule has 0 bridgehead atoms. The van der Waals surface area contributed by atoms with E-state index in [1.165, 1.54) is 12.1 Å². The Morgan fingerprint density at radius 3 is 2.74 bits per heavy atom. The summed E-state index contributed by atoms with van der Waals surface area (Å²) in [7, 11) is -3.72. The van der Waals surface area contributed by atoms with E-state index in [4.69, 9.17) is 10.9 Å². The van der Waals surface area contributed by atoms with Crippen LogP contribution in [0.1, 0.15) is 0 Å². The number of imidazole rings is 1. The van der Waals surface area contributed by atoms with Gasteiger partial charge in [-0.15, -0.1) is 0 Å². The van der Waals surface area contributed by atoms with Crippen molar-refractivity contribution in [1.82, 2.24) is 9.55 Å². The molecule has 1 aromatic carbocycles. The number of nitrogens with zero attached hydrogens (tertiary/aromatic N) is 2. The topological polar surface area (TPSA) is 116 Å². The second kappa shape index (κ2) is 5.29. The van der Waals surface area contributed by atoms with Crippen LogP contribution in [0.3, 0.4) is 0 Å². The third-order valence-corrected chi connectivity index (χ3v) is 3.51. The molecule has 19 heavy (non-hydrogen) atoms. The summed E-state index contributed by atoms with van der Waals surface area (Å²) in [6.45, 7) is 1.38. The number of hydrogen-bond acceptors (Lipinski definition) is 5. The fourth-order valence-corrected chi connectivity index (χ4v) is 2.17. The van der Waals surface area contributed by atoms with Crippen molar-refractivity contribution in [2.75, 3.05) is 17.6 Å². The Bertz CT molecular complexity index is 652. The largest absolute Gasteiger partial charge is 0.397 e. The number of nitrogen functional groups attached to an aromatic ring is 1. The molecule has 0 saturated carbocycles. The Hall–Kier alpha value is -2.06. The van der Waals surface area contributed by atoms with Gasteiger partial charge in [-0.2, -0.15) is 0 Å². The fraction of sp³-hybridized carbons (Fsp3) is 0.182. The lowest BCUT2D eigenvalue weighted by molar-refractivity contribution is 0.598. The average molecular weight is 281 g/mol. The van der Waals surface area contributed by atoms with Crippen molar-refractivity contribution < 1.29 is 8.42 Å². The number of benzene rings is 1. The van der Waals surface area contributed by atoms with Gasteiger partial charge in [0.1, 0.15) is 0 Å². The number of sulfonamides is 1. The Kier molecular flexibility index (Phi) is 3.72. The van der Waals surface area contributed by atoms with E-state index in [1.807, 2.05) is 10.8 Å². The predicted octanol–water partition coefficient (Wildman–Crippen LogP) is 0.225. The molecule has 5 N–H and O–H groups in total. The lowest BCUT2D eigenvalue weighted by Crippen LogP contribution is -2.14. The van der Waals surface area contributed by atoms with Gasteiger partial charge in [-0.05, 0) is 18.2 Å². The van der Waals surface area contributed by atoms with Gasteiger partial charge in [0.2, 0.25) is 10.0 Å². The molecule has 8 heteroatoms. The van der Waals surface area contributed by atoms with E-state index in [0.717, 1.165) is 6.54 Å². The van der Waals surface area contributed by atoms with Crippen LogP contribution in [-0.4, -0.2) is 24.5 Å². The monoisotopic (exact) mass is 281 g/mol. The zero-order valence-electron chi connectivity index (χ0n) is 10.2. The van der Waals surface area contributed by atoms with Gasteiger partial charge in [0.15, 0.2) is 0 Å². The second-order valence-electron chi connectivity index (χ2n) is 4.02. The summed E-state index contributed by atoms with van der Waals surface area (Å²) in [6.07, 6.45) is 5.28. The van der Waals surface area contributed by atoms with Crippen molar-refractivity contribution in [3.8, 4) is 0 Å². The van der Waals surface area contributed by atoms with Crippen molar-refractivity contribution in [3.63, 3.8) is 0 Å². The van der Waals surface area contributed by atoms with Crippen molar-refractivity contribution in [3.05, 3.63) is 36.9 Å². The van der Waals surface area contributed by atoms with E-state index in [0.29, 0.717) is 17.9 Å². The SMILES string of the molecule is Nc1cc(S(N)(=O)=O)ccc1NCCn1ccnc1. The lowest BCUT2D eigenvalue weighted by atomic mass is 10.2. The molecular weight excluding hydrogens is 266 g/mol. The Morgan fingerprint density at radius 2 is 2.16 bits per heavy atom. The quantitative estimate of drug-likeness (QED) is 0.678. The lowest BCUT2D eigenvalue weighted by Gasteiger charge is -2.10. The second-order valence-corrected chi connectivity index (χ2v) is 5.58. The van der Waals surface area contributed by atoms with E-state index in [9.17, 15) is 8.42 Å². The van der Waals surface area contributed by atoms with Crippen LogP contribution in [-0.2, 0) is 16.6 Å². The van der Waals surface area contributed by atoms with Crippen molar-refractivity contribution in [1.29, 1.82) is 0 Å². The molecule has 0 aliphatic carbocycles. The van der Waals surface area contributed by atoms with Crippen LogP contribution in [0, 0.1) is 0 Å². The number of anilines is 2. The zero-order chi connectivity index (χ0) is 13.9. The minimum Gasteiger partial charge on any atom is -0.397 e. The molecule has 0 amide bonds. The van der Waals surface area contributed by atoms with E-state index in [2.05, 4.69) is 10.3 Å². The molecule has 7 nitrogen and oxygen atoms in total. The minimum atomic E-state index is -3.72. The number of hydrogen-bond donors (Lipinski definition) is 3. The fourth-order valence-electron chi connectivity index (χ4n) is 1.62. The predicted molar refractivity (Wildman–Crippen MR) is 72.9 cm³/mol. The maximum Gasteiger partial charge on any atom is 0.238 e. The maximum absolute atomic E-state index is 11.2. The van der Waals surface area contributed by atoms with Crippen LogP contribution in [0.4, 0.5) is 11.4 Å². The molecule has 2 aromatic rings. The molecular formula is C11H15N5O2S. The molecule has 0 fully saturated rings. The molecule has 0 spiro atoms. The van der Waals surface area contributed by atoms with Gasteiger partial charge in [-0.1, -0.05) is 0 Å². The first-order chi connectivity index (χ1) is 8.97. The first-order valence-electron chi connectivity index (χ1n) is 5.59. The molecule has 2 rings (SSSR count). The average Bonchev–Trinajstić information content (AvgIpc) is 2.83. The van der Waals surface area contributed by atoms with Gasteiger partial charge in [0.05, 0.1) is 22.6 Å². The minimum absolute atomic E-state index is 0.00478. The van der Waals surface area contributed by atoms with Crippen LogP contribution in [0.5, 0.6) is 0 Å². The van der Waals surface area contributed by atoms with Gasteiger partial charge in [0, 0.05) is 25.5 Å². The number of nitrogens with two attached hydrogens (primary N) is 2. The molecule has 1 heterocycles. The molecule has 102 valence electrons. The molecule has 0 radical (unpaired) electrons. The van der Waals surface area contributed by atoms with Gasteiger partial charge >= 0.3 is 0 Å². The zero-order valence-corrected chi connectivity index (χ0v) is 11.0. The van der Waals surface area contributed by atoms with Crippen LogP contribution < -0.4 is 16.2 Å². The molecule has 0 aliphatic heterocycles. The van der Waals surface area contributed by atoms with Crippen LogP contribution >= 0.6 is 0 Å². The van der Waals surface area contributed by atoms with E-state index >= 15 is 0 Å². The normalized spacial score (nSPS) is 11.4. The highest BCUT2D eigenvalue weighted by molar-refractivity contribution is 7.89. The highest BCUT2D eigenvalue weighted by Crippen LogP contribution is 2.21. The van der Waals surface area contributed by atoms with Crippen molar-refractivity contribution in [2.24, 2.45) is 5.14 Å². The summed E-state index contributed by atoms with van der Waals surface area (Å²) >= 11 is 0. The van der Waals surface area contributed by atoms with Crippen molar-refractivity contribution >= 4 is 21.4 Å². The Morgan fingerprint density at radius 1 is 1.37 bits per heavy atom. The number of nitrogens with one attached hydrogen (secondary N) is 1. The first-order valence-corrected chi connectivity index (χ1v) is 7.13. The van der Waals surface area contributed by atoms with E-state index < -0.39 is 10.0 Å². The van der Waals surface area contributed by atoms with Gasteiger partial charge in [0.25, 0.3) is 0 Å². The van der Waals surface area contributed by atoms with Crippen LogP contribution in [0.2, 0.25) is 0 Å². The standard InChI is InChI=1S/C11H15N5O2S/c12-10-7-9(19(13,17)18)1-2-11(10)15-4-6-16-5-3-14-8-16/h1-3,5,7-8,15H,4,6,12H2,(H2,13,17,18). The summed E-state index contributed by atoms with van der Waals surface area (Å²) in [5, 5.41) is 8.15. The van der Waals surface area contributed by atoms with Gasteiger partial charge < -0.3 is 15.6 Å². The van der Waals surface area contributed by atoms with Gasteiger partial charge in [-0.25, -0.2) is 18.5 Å². The summed E-state index contributed by atoms with van der Waals surface area (Å²) in [5.74, 6) is 0. The third-order valence-electron chi connectivity index (χ3n) is 2.60. The van der Waals surface area contributed by atoms with Crippen LogP contribution in [0.15, 0.2) is 41.8 Å². The molecule has 1 aromatic heterocycles. The molecule has 0 unspecified atom stereocenters. The highest BCUT2D eigenvalue weighted by Gasteiger charge is 2.09. The van der Waals surface area contributed by atoms with Crippen LogP contribution in [0.25, 0.3) is 0 Å². The molecule has 0 atom stereocenters. The first kappa shape index (κ1) is 13.4.